The molecule has 2 N–H and O–H groups in total. The fourth-order valence-electron chi connectivity index (χ4n) is 1.41. The van der Waals surface area contributed by atoms with Crippen LogP contribution in [0.2, 0.25) is 0 Å². The molecule has 0 atom stereocenters. The van der Waals surface area contributed by atoms with E-state index in [-0.39, 0.29) is 5.91 Å². The number of nitrogens with zero attached hydrogens (tertiary/aromatic N) is 1. The second-order valence-electron chi connectivity index (χ2n) is 3.13. The molecule has 1 aromatic rings. The number of hydrogen-bond acceptors (Lipinski definition) is 2. The van der Waals surface area contributed by atoms with Crippen LogP contribution in [0.1, 0.15) is 30.7 Å². The summed E-state index contributed by atoms with van der Waals surface area (Å²) >= 11 is 0. The van der Waals surface area contributed by atoms with Crippen molar-refractivity contribution < 1.29 is 4.79 Å². The molecule has 0 bridgehead atoms. The van der Waals surface area contributed by atoms with Crippen molar-refractivity contribution in [2.45, 2.75) is 27.2 Å². The summed E-state index contributed by atoms with van der Waals surface area (Å²) in [6, 6.07) is 2.08. The molecule has 0 radical (unpaired) electrons. The van der Waals surface area contributed by atoms with Crippen molar-refractivity contribution in [1.82, 2.24) is 4.98 Å². The van der Waals surface area contributed by atoms with E-state index in [2.05, 4.69) is 16.4 Å². The van der Waals surface area contributed by atoms with E-state index in [4.69, 9.17) is 5.26 Å². The van der Waals surface area contributed by atoms with Crippen LogP contribution in [0.25, 0.3) is 0 Å². The first-order valence-electron chi connectivity index (χ1n) is 4.49. The van der Waals surface area contributed by atoms with Crippen LogP contribution < -0.4 is 5.32 Å². The third-order valence-corrected chi connectivity index (χ3v) is 2.12. The Morgan fingerprint density at radius 3 is 2.71 bits per heavy atom. The van der Waals surface area contributed by atoms with Crippen molar-refractivity contribution in [2.75, 3.05) is 5.32 Å². The largest absolute Gasteiger partial charge is 0.344 e. The van der Waals surface area contributed by atoms with E-state index in [0.717, 1.165) is 17.7 Å². The van der Waals surface area contributed by atoms with Crippen LogP contribution in [-0.2, 0) is 11.2 Å². The van der Waals surface area contributed by atoms with Gasteiger partial charge in [0, 0.05) is 12.6 Å². The highest BCUT2D eigenvalue weighted by molar-refractivity contribution is 5.89. The summed E-state index contributed by atoms with van der Waals surface area (Å²) in [4.78, 5) is 13.9. The maximum absolute atomic E-state index is 10.8. The van der Waals surface area contributed by atoms with Gasteiger partial charge in [0.15, 0.2) is 0 Å². The highest BCUT2D eigenvalue weighted by atomic mass is 16.1. The van der Waals surface area contributed by atoms with Crippen molar-refractivity contribution in [1.29, 1.82) is 5.26 Å². The number of aromatic nitrogens is 1. The van der Waals surface area contributed by atoms with Gasteiger partial charge in [-0.05, 0) is 18.9 Å². The van der Waals surface area contributed by atoms with Crippen molar-refractivity contribution in [3.63, 3.8) is 0 Å². The van der Waals surface area contributed by atoms with Crippen LogP contribution in [0.4, 0.5) is 5.82 Å². The van der Waals surface area contributed by atoms with Crippen molar-refractivity contribution in [3.05, 3.63) is 16.8 Å². The van der Waals surface area contributed by atoms with E-state index in [1.807, 2.05) is 13.8 Å². The first-order chi connectivity index (χ1) is 6.60. The predicted molar refractivity (Wildman–Crippen MR) is 53.9 cm³/mol. The summed E-state index contributed by atoms with van der Waals surface area (Å²) in [7, 11) is 0. The summed E-state index contributed by atoms with van der Waals surface area (Å²) in [6.45, 7) is 5.29. The van der Waals surface area contributed by atoms with Gasteiger partial charge >= 0.3 is 0 Å². The third kappa shape index (κ3) is 1.77. The van der Waals surface area contributed by atoms with Crippen LogP contribution in [0.15, 0.2) is 0 Å². The van der Waals surface area contributed by atoms with E-state index in [1.54, 1.807) is 0 Å². The molecule has 1 heterocycles. The molecule has 0 unspecified atom stereocenters. The first kappa shape index (κ1) is 10.3. The summed E-state index contributed by atoms with van der Waals surface area (Å²) in [5.41, 5.74) is 2.43. The van der Waals surface area contributed by atoms with Gasteiger partial charge in [-0.1, -0.05) is 6.92 Å². The van der Waals surface area contributed by atoms with Gasteiger partial charge in [0.25, 0.3) is 0 Å². The second kappa shape index (κ2) is 3.97. The number of aryl methyl sites for hydroxylation is 1. The Morgan fingerprint density at radius 2 is 2.29 bits per heavy atom. The monoisotopic (exact) mass is 191 g/mol. The lowest BCUT2D eigenvalue weighted by Crippen LogP contribution is -2.07. The molecular weight excluding hydrogens is 178 g/mol. The Kier molecular flexibility index (Phi) is 2.92. The van der Waals surface area contributed by atoms with Crippen LogP contribution >= 0.6 is 0 Å². The number of aromatic amines is 1. The average molecular weight is 191 g/mol. The van der Waals surface area contributed by atoms with Crippen molar-refractivity contribution in [2.24, 2.45) is 0 Å². The molecular formula is C10H13N3O. The quantitative estimate of drug-likeness (QED) is 0.747. The molecule has 0 fully saturated rings. The zero-order valence-electron chi connectivity index (χ0n) is 8.56. The van der Waals surface area contributed by atoms with Crippen LogP contribution in [0.3, 0.4) is 0 Å². The number of hydrogen-bond donors (Lipinski definition) is 2. The Balaban J connectivity index is 3.17. The molecule has 74 valence electrons. The lowest BCUT2D eigenvalue weighted by molar-refractivity contribution is -0.114. The minimum absolute atomic E-state index is 0.176. The van der Waals surface area contributed by atoms with Gasteiger partial charge in [-0.15, -0.1) is 0 Å². The Bertz CT molecular complexity index is 398. The lowest BCUT2D eigenvalue weighted by Gasteiger charge is -1.97. The molecule has 0 aliphatic rings. The molecule has 0 aliphatic heterocycles. The Hall–Kier alpha value is -1.76. The normalized spacial score (nSPS) is 9.57. The van der Waals surface area contributed by atoms with Gasteiger partial charge < -0.3 is 10.3 Å². The van der Waals surface area contributed by atoms with E-state index in [9.17, 15) is 4.79 Å². The number of H-pyrrole nitrogens is 1. The fraction of sp³-hybridized carbons (Fsp3) is 0.400. The molecule has 0 aliphatic carbocycles. The Labute approximate surface area is 82.9 Å². The van der Waals surface area contributed by atoms with Gasteiger partial charge in [0.05, 0.1) is 5.56 Å². The molecule has 0 saturated carbocycles. The van der Waals surface area contributed by atoms with Gasteiger partial charge in [-0.25, -0.2) is 0 Å². The maximum atomic E-state index is 10.8. The van der Waals surface area contributed by atoms with Crippen LogP contribution in [0, 0.1) is 18.3 Å². The molecule has 1 aromatic heterocycles. The number of carbonyl (C=O) groups is 1. The third-order valence-electron chi connectivity index (χ3n) is 2.12. The number of nitrogens with one attached hydrogen (secondary N) is 2. The summed E-state index contributed by atoms with van der Waals surface area (Å²) in [5.74, 6) is 0.333. The van der Waals surface area contributed by atoms with Gasteiger partial charge in [-0.3, -0.25) is 4.79 Å². The average Bonchev–Trinajstić information content (AvgIpc) is 2.41. The van der Waals surface area contributed by atoms with E-state index >= 15 is 0 Å². The minimum Gasteiger partial charge on any atom is -0.344 e. The second-order valence-corrected chi connectivity index (χ2v) is 3.13. The van der Waals surface area contributed by atoms with Gasteiger partial charge in [0.2, 0.25) is 5.91 Å². The summed E-state index contributed by atoms with van der Waals surface area (Å²) in [6.07, 6.45) is 0.820. The highest BCUT2D eigenvalue weighted by Crippen LogP contribution is 2.21. The highest BCUT2D eigenvalue weighted by Gasteiger charge is 2.13. The smallest absolute Gasteiger partial charge is 0.222 e. The molecule has 0 aromatic carbocycles. The molecule has 0 spiro atoms. The zero-order valence-corrected chi connectivity index (χ0v) is 8.56. The molecule has 1 amide bonds. The van der Waals surface area contributed by atoms with Crippen molar-refractivity contribution >= 4 is 11.7 Å². The Morgan fingerprint density at radius 1 is 1.64 bits per heavy atom. The number of nitriles is 1. The lowest BCUT2D eigenvalue weighted by atomic mass is 10.1. The van der Waals surface area contributed by atoms with E-state index < -0.39 is 0 Å². The van der Waals surface area contributed by atoms with E-state index in [1.165, 1.54) is 6.92 Å². The topological polar surface area (TPSA) is 68.7 Å². The van der Waals surface area contributed by atoms with Crippen LogP contribution in [0.5, 0.6) is 0 Å². The summed E-state index contributed by atoms with van der Waals surface area (Å²) < 4.78 is 0. The van der Waals surface area contributed by atoms with Gasteiger partial charge in [0.1, 0.15) is 11.9 Å². The molecule has 4 heteroatoms. The standard InChI is InChI=1S/C10H13N3O/c1-4-9-6(2)8(5-11)10(13-9)12-7(3)14/h13H,4H2,1-3H3,(H,12,14). The number of anilines is 1. The minimum atomic E-state index is -0.176. The maximum Gasteiger partial charge on any atom is 0.222 e. The van der Waals surface area contributed by atoms with E-state index in [0.29, 0.717) is 11.4 Å². The number of rotatable bonds is 2. The SMILES string of the molecule is CCc1[nH]c(NC(C)=O)c(C#N)c1C. The van der Waals surface area contributed by atoms with Crippen molar-refractivity contribution in [3.8, 4) is 6.07 Å². The summed E-state index contributed by atoms with van der Waals surface area (Å²) in [5, 5.41) is 11.5. The molecule has 0 saturated heterocycles. The zero-order chi connectivity index (χ0) is 10.7. The number of carbonyl (C=O) groups excluding carboxylic acids is 1. The van der Waals surface area contributed by atoms with Crippen LogP contribution in [-0.4, -0.2) is 10.9 Å². The predicted octanol–water partition coefficient (Wildman–Crippen LogP) is 1.72. The first-order valence-corrected chi connectivity index (χ1v) is 4.49. The molecule has 4 nitrogen and oxygen atoms in total. The molecule has 1 rings (SSSR count). The number of amides is 1. The fourth-order valence-corrected chi connectivity index (χ4v) is 1.41. The van der Waals surface area contributed by atoms with Gasteiger partial charge in [-0.2, -0.15) is 5.26 Å². The molecule has 14 heavy (non-hydrogen) atoms.